The highest BCUT2D eigenvalue weighted by Crippen LogP contribution is 2.38. The lowest BCUT2D eigenvalue weighted by Gasteiger charge is -2.32. The van der Waals surface area contributed by atoms with Crippen molar-refractivity contribution in [2.24, 2.45) is 23.5 Å². The van der Waals surface area contributed by atoms with Crippen molar-refractivity contribution in [3.05, 3.63) is 0 Å². The number of likely N-dealkylation sites (N-methyl/N-ethyl adjacent to an activating group) is 1. The summed E-state index contributed by atoms with van der Waals surface area (Å²) in [4.78, 5) is 2.49. The summed E-state index contributed by atoms with van der Waals surface area (Å²) >= 11 is 0. The average Bonchev–Trinajstić information content (AvgIpc) is 2.83. The van der Waals surface area contributed by atoms with Crippen molar-refractivity contribution < 1.29 is 0 Å². The molecule has 0 saturated heterocycles. The van der Waals surface area contributed by atoms with Crippen LogP contribution in [-0.2, 0) is 0 Å². The topological polar surface area (TPSA) is 29.3 Å². The highest BCUT2D eigenvalue weighted by atomic mass is 15.1. The van der Waals surface area contributed by atoms with Gasteiger partial charge in [-0.3, -0.25) is 0 Å². The Hall–Kier alpha value is -0.0800. The fourth-order valence-electron chi connectivity index (χ4n) is 2.65. The lowest BCUT2D eigenvalue weighted by atomic mass is 9.95. The Morgan fingerprint density at radius 3 is 2.47 bits per heavy atom. The second-order valence-corrected chi connectivity index (χ2v) is 5.48. The van der Waals surface area contributed by atoms with Gasteiger partial charge in [0, 0.05) is 19.1 Å². The van der Waals surface area contributed by atoms with Gasteiger partial charge in [-0.05, 0) is 37.6 Å². The number of nitrogens with zero attached hydrogens (tertiary/aromatic N) is 1. The standard InChI is InChI=1S/C13H28N2/c1-5-6-10(2)13(8-14)15(4)9-12-7-11(12)3/h10-13H,5-9,14H2,1-4H3. The molecule has 0 aromatic rings. The van der Waals surface area contributed by atoms with Crippen molar-refractivity contribution in [3.63, 3.8) is 0 Å². The van der Waals surface area contributed by atoms with Crippen LogP contribution in [0.15, 0.2) is 0 Å². The Kier molecular flexibility index (Phi) is 5.07. The molecule has 1 rings (SSSR count). The van der Waals surface area contributed by atoms with Gasteiger partial charge in [0.25, 0.3) is 0 Å². The smallest absolute Gasteiger partial charge is 0.0241 e. The minimum absolute atomic E-state index is 0.581. The van der Waals surface area contributed by atoms with Crippen molar-refractivity contribution in [1.82, 2.24) is 4.90 Å². The summed E-state index contributed by atoms with van der Waals surface area (Å²) in [6.07, 6.45) is 3.99. The van der Waals surface area contributed by atoms with Gasteiger partial charge in [0.2, 0.25) is 0 Å². The molecule has 0 amide bonds. The first-order chi connectivity index (χ1) is 7.10. The zero-order chi connectivity index (χ0) is 11.4. The predicted octanol–water partition coefficient (Wildman–Crippen LogP) is 2.34. The van der Waals surface area contributed by atoms with E-state index in [1.165, 1.54) is 25.8 Å². The maximum absolute atomic E-state index is 5.89. The maximum atomic E-state index is 5.89. The first-order valence-electron chi connectivity index (χ1n) is 6.50. The average molecular weight is 212 g/mol. The molecular weight excluding hydrogens is 184 g/mol. The van der Waals surface area contributed by atoms with Gasteiger partial charge in [0.05, 0.1) is 0 Å². The largest absolute Gasteiger partial charge is 0.329 e. The minimum Gasteiger partial charge on any atom is -0.329 e. The molecule has 1 saturated carbocycles. The van der Waals surface area contributed by atoms with Crippen LogP contribution in [0.4, 0.5) is 0 Å². The molecule has 4 atom stereocenters. The Bertz CT molecular complexity index is 181. The van der Waals surface area contributed by atoms with Crippen molar-refractivity contribution >= 4 is 0 Å². The van der Waals surface area contributed by atoms with E-state index in [-0.39, 0.29) is 0 Å². The molecule has 0 radical (unpaired) electrons. The molecule has 15 heavy (non-hydrogen) atoms. The van der Waals surface area contributed by atoms with Crippen molar-refractivity contribution in [2.45, 2.75) is 46.1 Å². The van der Waals surface area contributed by atoms with Crippen LogP contribution in [0.1, 0.15) is 40.0 Å². The van der Waals surface area contributed by atoms with Gasteiger partial charge in [-0.25, -0.2) is 0 Å². The van der Waals surface area contributed by atoms with Gasteiger partial charge in [-0.15, -0.1) is 0 Å². The van der Waals surface area contributed by atoms with Crippen LogP contribution in [0.25, 0.3) is 0 Å². The molecule has 1 fully saturated rings. The van der Waals surface area contributed by atoms with Crippen LogP contribution in [0, 0.1) is 17.8 Å². The van der Waals surface area contributed by atoms with Gasteiger partial charge < -0.3 is 10.6 Å². The minimum atomic E-state index is 0.581. The fraction of sp³-hybridized carbons (Fsp3) is 1.00. The molecule has 2 heteroatoms. The van der Waals surface area contributed by atoms with E-state index < -0.39 is 0 Å². The molecule has 1 aliphatic carbocycles. The molecule has 0 aromatic heterocycles. The predicted molar refractivity (Wildman–Crippen MR) is 66.8 cm³/mol. The summed E-state index contributed by atoms with van der Waals surface area (Å²) in [6.45, 7) is 9.00. The van der Waals surface area contributed by atoms with Crippen molar-refractivity contribution in [1.29, 1.82) is 0 Å². The quantitative estimate of drug-likeness (QED) is 0.702. The molecule has 2 nitrogen and oxygen atoms in total. The fourth-order valence-corrected chi connectivity index (χ4v) is 2.65. The van der Waals surface area contributed by atoms with E-state index in [1.54, 1.807) is 0 Å². The van der Waals surface area contributed by atoms with E-state index >= 15 is 0 Å². The number of hydrogen-bond donors (Lipinski definition) is 1. The second kappa shape index (κ2) is 5.86. The summed E-state index contributed by atoms with van der Waals surface area (Å²) in [5.74, 6) is 2.63. The van der Waals surface area contributed by atoms with E-state index in [0.717, 1.165) is 24.3 Å². The van der Waals surface area contributed by atoms with Gasteiger partial charge >= 0.3 is 0 Å². The molecule has 0 aliphatic heterocycles. The third-order valence-electron chi connectivity index (χ3n) is 4.01. The normalized spacial score (nSPS) is 29.2. The molecule has 4 unspecified atom stereocenters. The zero-order valence-corrected chi connectivity index (χ0v) is 10.9. The van der Waals surface area contributed by atoms with Gasteiger partial charge in [0.1, 0.15) is 0 Å². The van der Waals surface area contributed by atoms with Crippen LogP contribution >= 0.6 is 0 Å². The van der Waals surface area contributed by atoms with E-state index in [1.807, 2.05) is 0 Å². The Balaban J connectivity index is 2.35. The number of rotatable bonds is 7. The molecule has 0 heterocycles. The van der Waals surface area contributed by atoms with E-state index in [4.69, 9.17) is 5.73 Å². The summed E-state index contributed by atoms with van der Waals surface area (Å²) < 4.78 is 0. The SMILES string of the molecule is CCCC(C)C(CN)N(C)CC1CC1C. The highest BCUT2D eigenvalue weighted by molar-refractivity contribution is 4.87. The van der Waals surface area contributed by atoms with Gasteiger partial charge in [-0.1, -0.05) is 27.2 Å². The third kappa shape index (κ3) is 3.76. The first kappa shape index (κ1) is 13.0. The zero-order valence-electron chi connectivity index (χ0n) is 10.9. The summed E-state index contributed by atoms with van der Waals surface area (Å²) in [5.41, 5.74) is 5.89. The Morgan fingerprint density at radius 1 is 1.47 bits per heavy atom. The second-order valence-electron chi connectivity index (χ2n) is 5.48. The van der Waals surface area contributed by atoms with Crippen LogP contribution in [0.5, 0.6) is 0 Å². The molecule has 0 spiro atoms. The molecule has 90 valence electrons. The van der Waals surface area contributed by atoms with Crippen LogP contribution in [0.2, 0.25) is 0 Å². The monoisotopic (exact) mass is 212 g/mol. The Labute approximate surface area is 95.2 Å². The number of hydrogen-bond acceptors (Lipinski definition) is 2. The Morgan fingerprint density at radius 2 is 2.07 bits per heavy atom. The van der Waals surface area contributed by atoms with Gasteiger partial charge in [0.15, 0.2) is 0 Å². The molecular formula is C13H28N2. The lowest BCUT2D eigenvalue weighted by Crippen LogP contribution is -2.43. The van der Waals surface area contributed by atoms with Crippen LogP contribution < -0.4 is 5.73 Å². The van der Waals surface area contributed by atoms with Crippen LogP contribution in [0.3, 0.4) is 0 Å². The summed E-state index contributed by atoms with van der Waals surface area (Å²) in [5, 5.41) is 0. The third-order valence-corrected chi connectivity index (χ3v) is 4.01. The van der Waals surface area contributed by atoms with E-state index in [2.05, 4.69) is 32.7 Å². The van der Waals surface area contributed by atoms with E-state index in [0.29, 0.717) is 6.04 Å². The first-order valence-corrected chi connectivity index (χ1v) is 6.50. The van der Waals surface area contributed by atoms with Crippen molar-refractivity contribution in [3.8, 4) is 0 Å². The van der Waals surface area contributed by atoms with Gasteiger partial charge in [-0.2, -0.15) is 0 Å². The van der Waals surface area contributed by atoms with Crippen LogP contribution in [-0.4, -0.2) is 31.1 Å². The lowest BCUT2D eigenvalue weighted by molar-refractivity contribution is 0.173. The molecule has 2 N–H and O–H groups in total. The molecule has 0 bridgehead atoms. The molecule has 0 aromatic carbocycles. The summed E-state index contributed by atoms with van der Waals surface area (Å²) in [6, 6.07) is 0.581. The van der Waals surface area contributed by atoms with Crippen molar-refractivity contribution in [2.75, 3.05) is 20.1 Å². The summed E-state index contributed by atoms with van der Waals surface area (Å²) in [7, 11) is 2.24. The highest BCUT2D eigenvalue weighted by Gasteiger charge is 2.34. The molecule has 1 aliphatic rings. The number of nitrogens with two attached hydrogens (primary N) is 1. The maximum Gasteiger partial charge on any atom is 0.0241 e. The van der Waals surface area contributed by atoms with E-state index in [9.17, 15) is 0 Å².